The zero-order valence-corrected chi connectivity index (χ0v) is 15.7. The van der Waals surface area contributed by atoms with E-state index in [1.807, 2.05) is 23.3 Å². The molecule has 0 aromatic carbocycles. The topological polar surface area (TPSA) is 36.4 Å². The van der Waals surface area contributed by atoms with Crippen LogP contribution in [0, 0.1) is 18.8 Å². The molecule has 3 heterocycles. The average molecular weight is 348 g/mol. The first-order chi connectivity index (χ1) is 11.6. The molecular weight excluding hydrogens is 318 g/mol. The SMILES string of the molecule is Cc1nc(/C=C\C(=O)N2CCC[C@H](CN3CCC(C)CC3)C2)cs1. The molecule has 24 heavy (non-hydrogen) atoms. The number of aryl methyl sites for hydroxylation is 1. The first kappa shape index (κ1) is 17.6. The van der Waals surface area contributed by atoms with E-state index in [2.05, 4.69) is 16.8 Å². The monoisotopic (exact) mass is 347 g/mol. The van der Waals surface area contributed by atoms with Crippen LogP contribution in [0.2, 0.25) is 0 Å². The van der Waals surface area contributed by atoms with Crippen LogP contribution in [-0.2, 0) is 4.79 Å². The summed E-state index contributed by atoms with van der Waals surface area (Å²) >= 11 is 1.62. The third kappa shape index (κ3) is 4.90. The Labute approximate surface area is 149 Å². The van der Waals surface area contributed by atoms with Crippen LogP contribution >= 0.6 is 11.3 Å². The molecular formula is C19H29N3OS. The van der Waals surface area contributed by atoms with E-state index in [9.17, 15) is 4.79 Å². The van der Waals surface area contributed by atoms with E-state index in [1.165, 1.54) is 32.4 Å². The summed E-state index contributed by atoms with van der Waals surface area (Å²) < 4.78 is 0. The second-order valence-corrected chi connectivity index (χ2v) is 8.46. The van der Waals surface area contributed by atoms with Gasteiger partial charge in [0.2, 0.25) is 5.91 Å². The fourth-order valence-electron chi connectivity index (χ4n) is 3.74. The normalized spacial score (nSPS) is 23.9. The molecule has 0 spiro atoms. The van der Waals surface area contributed by atoms with Gasteiger partial charge in [0, 0.05) is 31.1 Å². The largest absolute Gasteiger partial charge is 0.339 e. The van der Waals surface area contributed by atoms with Gasteiger partial charge in [0.1, 0.15) is 0 Å². The summed E-state index contributed by atoms with van der Waals surface area (Å²) in [7, 11) is 0. The summed E-state index contributed by atoms with van der Waals surface area (Å²) in [5.41, 5.74) is 0.891. The Bertz CT molecular complexity index is 575. The fourth-order valence-corrected chi connectivity index (χ4v) is 4.32. The average Bonchev–Trinajstić information content (AvgIpc) is 3.00. The highest BCUT2D eigenvalue weighted by Crippen LogP contribution is 2.22. The first-order valence-electron chi connectivity index (χ1n) is 9.21. The van der Waals surface area contributed by atoms with Crippen molar-refractivity contribution in [2.24, 2.45) is 11.8 Å². The lowest BCUT2D eigenvalue weighted by Crippen LogP contribution is -2.44. The van der Waals surface area contributed by atoms with Crippen molar-refractivity contribution in [2.75, 3.05) is 32.7 Å². The molecule has 2 fully saturated rings. The second-order valence-electron chi connectivity index (χ2n) is 7.40. The van der Waals surface area contributed by atoms with Crippen molar-refractivity contribution in [1.82, 2.24) is 14.8 Å². The molecule has 2 saturated heterocycles. The molecule has 0 unspecified atom stereocenters. The van der Waals surface area contributed by atoms with E-state index in [-0.39, 0.29) is 5.91 Å². The van der Waals surface area contributed by atoms with Gasteiger partial charge in [-0.25, -0.2) is 4.98 Å². The van der Waals surface area contributed by atoms with Crippen molar-refractivity contribution in [3.8, 4) is 0 Å². The lowest BCUT2D eigenvalue weighted by molar-refractivity contribution is -0.127. The fraction of sp³-hybridized carbons (Fsp3) is 0.684. The molecule has 2 aliphatic rings. The summed E-state index contributed by atoms with van der Waals surface area (Å²) in [6.45, 7) is 9.77. The van der Waals surface area contributed by atoms with Gasteiger partial charge >= 0.3 is 0 Å². The number of carbonyl (C=O) groups excluding carboxylic acids is 1. The predicted octanol–water partition coefficient (Wildman–Crippen LogP) is 3.44. The number of likely N-dealkylation sites (tertiary alicyclic amines) is 2. The number of rotatable bonds is 4. The van der Waals surface area contributed by atoms with Crippen molar-refractivity contribution < 1.29 is 4.79 Å². The molecule has 0 aliphatic carbocycles. The Morgan fingerprint density at radius 3 is 2.83 bits per heavy atom. The Hall–Kier alpha value is -1.20. The Morgan fingerprint density at radius 2 is 2.12 bits per heavy atom. The van der Waals surface area contributed by atoms with Crippen molar-refractivity contribution >= 4 is 23.3 Å². The minimum Gasteiger partial charge on any atom is -0.339 e. The standard InChI is InChI=1S/C19H29N3OS/c1-15-7-10-21(11-8-15)12-17-4-3-9-22(13-17)19(23)6-5-18-14-24-16(2)20-18/h5-6,14-15,17H,3-4,7-13H2,1-2H3/b6-5-/t17-/m1/s1. The summed E-state index contributed by atoms with van der Waals surface area (Å²) in [6, 6.07) is 0. The van der Waals surface area contributed by atoms with Crippen LogP contribution in [0.1, 0.15) is 43.3 Å². The molecule has 3 rings (SSSR count). The molecule has 1 aromatic rings. The maximum atomic E-state index is 12.5. The van der Waals surface area contributed by atoms with Gasteiger partial charge in [-0.05, 0) is 63.6 Å². The Balaban J connectivity index is 1.49. The van der Waals surface area contributed by atoms with Gasteiger partial charge in [0.15, 0.2) is 0 Å². The lowest BCUT2D eigenvalue weighted by atomic mass is 9.94. The van der Waals surface area contributed by atoms with Gasteiger partial charge in [0.25, 0.3) is 0 Å². The zero-order valence-electron chi connectivity index (χ0n) is 14.9. The van der Waals surface area contributed by atoms with E-state index in [0.29, 0.717) is 5.92 Å². The number of thiazole rings is 1. The molecule has 1 aromatic heterocycles. The summed E-state index contributed by atoms with van der Waals surface area (Å²) in [5, 5.41) is 3.03. The maximum Gasteiger partial charge on any atom is 0.246 e. The maximum absolute atomic E-state index is 12.5. The third-order valence-corrected chi connectivity index (χ3v) is 6.05. The van der Waals surface area contributed by atoms with Gasteiger partial charge in [-0.1, -0.05) is 6.92 Å². The van der Waals surface area contributed by atoms with Gasteiger partial charge in [-0.15, -0.1) is 11.3 Å². The van der Waals surface area contributed by atoms with Gasteiger partial charge in [-0.3, -0.25) is 4.79 Å². The van der Waals surface area contributed by atoms with Crippen molar-refractivity contribution in [1.29, 1.82) is 0 Å². The molecule has 4 nitrogen and oxygen atoms in total. The van der Waals surface area contributed by atoms with Crippen molar-refractivity contribution in [3.05, 3.63) is 22.2 Å². The van der Waals surface area contributed by atoms with Gasteiger partial charge < -0.3 is 9.80 Å². The van der Waals surface area contributed by atoms with E-state index < -0.39 is 0 Å². The molecule has 1 amide bonds. The van der Waals surface area contributed by atoms with Crippen LogP contribution in [0.3, 0.4) is 0 Å². The van der Waals surface area contributed by atoms with Crippen LogP contribution in [0.5, 0.6) is 0 Å². The Kier molecular flexibility index (Phi) is 6.06. The molecule has 0 N–H and O–H groups in total. The summed E-state index contributed by atoms with van der Waals surface area (Å²) in [4.78, 5) is 21.5. The lowest BCUT2D eigenvalue weighted by Gasteiger charge is -2.37. The quantitative estimate of drug-likeness (QED) is 0.783. The number of hydrogen-bond donors (Lipinski definition) is 0. The minimum atomic E-state index is 0.137. The smallest absolute Gasteiger partial charge is 0.246 e. The van der Waals surface area contributed by atoms with E-state index in [1.54, 1.807) is 17.4 Å². The van der Waals surface area contributed by atoms with Crippen LogP contribution in [-0.4, -0.2) is 53.4 Å². The Morgan fingerprint density at radius 1 is 1.33 bits per heavy atom. The van der Waals surface area contributed by atoms with Crippen LogP contribution in [0.15, 0.2) is 11.5 Å². The predicted molar refractivity (Wildman–Crippen MR) is 100 cm³/mol. The first-order valence-corrected chi connectivity index (χ1v) is 10.1. The second kappa shape index (κ2) is 8.26. The molecule has 132 valence electrons. The molecule has 0 bridgehead atoms. The summed E-state index contributed by atoms with van der Waals surface area (Å²) in [6.07, 6.45) is 8.58. The van der Waals surface area contributed by atoms with Crippen LogP contribution in [0.25, 0.3) is 6.08 Å². The van der Waals surface area contributed by atoms with Crippen molar-refractivity contribution in [2.45, 2.75) is 39.5 Å². The van der Waals surface area contributed by atoms with Gasteiger partial charge in [-0.2, -0.15) is 0 Å². The minimum absolute atomic E-state index is 0.137. The van der Waals surface area contributed by atoms with Crippen LogP contribution in [0.4, 0.5) is 0 Å². The molecule has 1 atom stereocenters. The number of aromatic nitrogens is 1. The zero-order chi connectivity index (χ0) is 16.9. The third-order valence-electron chi connectivity index (χ3n) is 5.26. The highest BCUT2D eigenvalue weighted by Gasteiger charge is 2.25. The molecule has 0 radical (unpaired) electrons. The number of carbonyl (C=O) groups is 1. The van der Waals surface area contributed by atoms with Crippen LogP contribution < -0.4 is 0 Å². The summed E-state index contributed by atoms with van der Waals surface area (Å²) in [5.74, 6) is 1.65. The molecule has 0 saturated carbocycles. The molecule has 2 aliphatic heterocycles. The number of amides is 1. The number of hydrogen-bond acceptors (Lipinski definition) is 4. The van der Waals surface area contributed by atoms with Crippen molar-refractivity contribution in [3.63, 3.8) is 0 Å². The highest BCUT2D eigenvalue weighted by molar-refractivity contribution is 7.09. The molecule has 5 heteroatoms. The number of piperidine rings is 2. The van der Waals surface area contributed by atoms with E-state index in [0.717, 1.165) is 42.7 Å². The highest BCUT2D eigenvalue weighted by atomic mass is 32.1. The van der Waals surface area contributed by atoms with Gasteiger partial charge in [0.05, 0.1) is 10.7 Å². The van der Waals surface area contributed by atoms with E-state index >= 15 is 0 Å². The number of nitrogens with zero attached hydrogens (tertiary/aromatic N) is 3. The van der Waals surface area contributed by atoms with E-state index in [4.69, 9.17) is 0 Å².